The standard InChI is InChI=1S/C29H50O2/c1-19(2)9-7-10-20(3)24-15-16-25-23-14-13-22-11-8-12-27(31-21(4)30)29(22,6)26(23)17-18-28(24,25)5/h19-20,22-27H,7-18H2,1-6H3/t20-,22+,23+,24-,25-,26-,27?,28+,29-/m0/s1. The maximum absolute atomic E-state index is 11.9. The van der Waals surface area contributed by atoms with Gasteiger partial charge in [0.1, 0.15) is 6.10 Å². The van der Waals surface area contributed by atoms with Gasteiger partial charge in [-0.1, -0.05) is 53.9 Å². The molecule has 9 atom stereocenters. The average Bonchev–Trinajstić information content (AvgIpc) is 3.05. The lowest BCUT2D eigenvalue weighted by Gasteiger charge is -2.62. The van der Waals surface area contributed by atoms with Crippen molar-refractivity contribution in [3.05, 3.63) is 0 Å². The van der Waals surface area contributed by atoms with Crippen LogP contribution in [0.3, 0.4) is 0 Å². The molecule has 0 N–H and O–H groups in total. The smallest absolute Gasteiger partial charge is 0.302 e. The lowest BCUT2D eigenvalue weighted by Crippen LogP contribution is -2.58. The second-order valence-electron chi connectivity index (χ2n) is 13.1. The number of rotatable bonds is 6. The molecule has 0 bridgehead atoms. The maximum atomic E-state index is 11.9. The third kappa shape index (κ3) is 4.12. The molecule has 0 aromatic carbocycles. The SMILES string of the molecule is CC(=O)OC1CCC[C@@H]2CC[C@@H]3[C@@H]4CC[C@@H]([C@@H](C)CCCC(C)C)[C@@]4(C)CC[C@@H]3[C@@]12C. The molecule has 0 aromatic rings. The van der Waals surface area contributed by atoms with Gasteiger partial charge in [-0.05, 0) is 105 Å². The summed E-state index contributed by atoms with van der Waals surface area (Å²) in [6.45, 7) is 14.1. The number of fused-ring (bicyclic) bond motifs is 5. The van der Waals surface area contributed by atoms with E-state index in [2.05, 4.69) is 34.6 Å². The Labute approximate surface area is 192 Å². The first-order valence-corrected chi connectivity index (χ1v) is 13.8. The number of carbonyl (C=O) groups excluding carboxylic acids is 1. The van der Waals surface area contributed by atoms with E-state index in [1.165, 1.54) is 70.6 Å². The highest BCUT2D eigenvalue weighted by molar-refractivity contribution is 5.66. The van der Waals surface area contributed by atoms with E-state index in [4.69, 9.17) is 4.74 Å². The molecule has 4 aliphatic rings. The molecule has 4 fully saturated rings. The van der Waals surface area contributed by atoms with Gasteiger partial charge in [-0.15, -0.1) is 0 Å². The van der Waals surface area contributed by atoms with Crippen molar-refractivity contribution in [2.75, 3.05) is 0 Å². The number of ether oxygens (including phenoxy) is 1. The molecule has 178 valence electrons. The van der Waals surface area contributed by atoms with E-state index in [1.54, 1.807) is 6.92 Å². The maximum Gasteiger partial charge on any atom is 0.302 e. The summed E-state index contributed by atoms with van der Waals surface area (Å²) in [5.74, 6) is 5.88. The number of hydrogen-bond donors (Lipinski definition) is 0. The van der Waals surface area contributed by atoms with E-state index >= 15 is 0 Å². The lowest BCUT2D eigenvalue weighted by atomic mass is 9.44. The molecule has 1 unspecified atom stereocenters. The Hall–Kier alpha value is -0.530. The fourth-order valence-electron chi connectivity index (χ4n) is 9.70. The highest BCUT2D eigenvalue weighted by atomic mass is 16.5. The van der Waals surface area contributed by atoms with Crippen LogP contribution in [0, 0.1) is 52.3 Å². The van der Waals surface area contributed by atoms with Crippen molar-refractivity contribution < 1.29 is 9.53 Å². The molecule has 2 heteroatoms. The zero-order chi connectivity index (χ0) is 22.4. The Morgan fingerprint density at radius 1 is 0.935 bits per heavy atom. The van der Waals surface area contributed by atoms with Crippen molar-refractivity contribution in [3.63, 3.8) is 0 Å². The van der Waals surface area contributed by atoms with E-state index in [0.717, 1.165) is 47.8 Å². The van der Waals surface area contributed by atoms with Gasteiger partial charge >= 0.3 is 5.97 Å². The normalized spacial score (nSPS) is 45.5. The van der Waals surface area contributed by atoms with Crippen LogP contribution in [-0.2, 0) is 9.53 Å². The van der Waals surface area contributed by atoms with Crippen molar-refractivity contribution in [2.45, 2.75) is 125 Å². The molecule has 0 heterocycles. The van der Waals surface area contributed by atoms with Gasteiger partial charge in [-0.3, -0.25) is 4.79 Å². The molecule has 4 rings (SSSR count). The Morgan fingerprint density at radius 2 is 1.71 bits per heavy atom. The second-order valence-corrected chi connectivity index (χ2v) is 13.1. The van der Waals surface area contributed by atoms with Gasteiger partial charge in [0.15, 0.2) is 0 Å². The Bertz CT molecular complexity index is 641. The third-order valence-corrected chi connectivity index (χ3v) is 11.2. The van der Waals surface area contributed by atoms with Gasteiger partial charge in [-0.2, -0.15) is 0 Å². The summed E-state index contributed by atoms with van der Waals surface area (Å²) in [6.07, 6.45) is 16.6. The lowest BCUT2D eigenvalue weighted by molar-refractivity contribution is -0.190. The predicted octanol–water partition coefficient (Wildman–Crippen LogP) is 8.04. The van der Waals surface area contributed by atoms with Crippen LogP contribution in [0.2, 0.25) is 0 Å². The molecule has 2 nitrogen and oxygen atoms in total. The van der Waals surface area contributed by atoms with Gasteiger partial charge in [0, 0.05) is 12.3 Å². The first kappa shape index (κ1) is 23.6. The van der Waals surface area contributed by atoms with Crippen molar-refractivity contribution in [3.8, 4) is 0 Å². The fraction of sp³-hybridized carbons (Fsp3) is 0.966. The summed E-state index contributed by atoms with van der Waals surface area (Å²) in [6, 6.07) is 0. The van der Waals surface area contributed by atoms with Crippen LogP contribution in [0.1, 0.15) is 119 Å². The van der Waals surface area contributed by atoms with Gasteiger partial charge in [0.2, 0.25) is 0 Å². The molecule has 0 aromatic heterocycles. The second kappa shape index (κ2) is 9.02. The molecular formula is C29H50O2. The quantitative estimate of drug-likeness (QED) is 0.398. The zero-order valence-corrected chi connectivity index (χ0v) is 21.4. The van der Waals surface area contributed by atoms with Gasteiger partial charge in [-0.25, -0.2) is 0 Å². The summed E-state index contributed by atoms with van der Waals surface area (Å²) >= 11 is 0. The van der Waals surface area contributed by atoms with Gasteiger partial charge in [0.05, 0.1) is 0 Å². The van der Waals surface area contributed by atoms with Crippen LogP contribution in [0.5, 0.6) is 0 Å². The first-order valence-electron chi connectivity index (χ1n) is 13.8. The van der Waals surface area contributed by atoms with Crippen LogP contribution in [0.15, 0.2) is 0 Å². The molecule has 0 saturated heterocycles. The minimum atomic E-state index is -0.0641. The van der Waals surface area contributed by atoms with Crippen LogP contribution >= 0.6 is 0 Å². The summed E-state index contributed by atoms with van der Waals surface area (Å²) in [5, 5.41) is 0. The van der Waals surface area contributed by atoms with Crippen LogP contribution in [-0.4, -0.2) is 12.1 Å². The van der Waals surface area contributed by atoms with Crippen LogP contribution in [0.25, 0.3) is 0 Å². The monoisotopic (exact) mass is 430 g/mol. The van der Waals surface area contributed by atoms with E-state index in [1.807, 2.05) is 0 Å². The Balaban J connectivity index is 1.51. The summed E-state index contributed by atoms with van der Waals surface area (Å²) < 4.78 is 6.03. The van der Waals surface area contributed by atoms with Gasteiger partial charge in [0.25, 0.3) is 0 Å². The highest BCUT2D eigenvalue weighted by Crippen LogP contribution is 2.68. The Morgan fingerprint density at radius 3 is 2.42 bits per heavy atom. The minimum Gasteiger partial charge on any atom is -0.462 e. The average molecular weight is 431 g/mol. The van der Waals surface area contributed by atoms with Crippen molar-refractivity contribution in [1.29, 1.82) is 0 Å². The summed E-state index contributed by atoms with van der Waals surface area (Å²) in [4.78, 5) is 11.9. The molecule has 0 radical (unpaired) electrons. The molecular weight excluding hydrogens is 380 g/mol. The van der Waals surface area contributed by atoms with Crippen molar-refractivity contribution in [1.82, 2.24) is 0 Å². The van der Waals surface area contributed by atoms with Gasteiger partial charge < -0.3 is 4.74 Å². The van der Waals surface area contributed by atoms with Crippen molar-refractivity contribution >= 4 is 5.97 Å². The molecule has 4 saturated carbocycles. The third-order valence-electron chi connectivity index (χ3n) is 11.2. The van der Waals surface area contributed by atoms with E-state index in [-0.39, 0.29) is 17.5 Å². The Kier molecular flexibility index (Phi) is 6.87. The predicted molar refractivity (Wildman–Crippen MR) is 129 cm³/mol. The number of carbonyl (C=O) groups is 1. The van der Waals surface area contributed by atoms with E-state index < -0.39 is 0 Å². The molecule has 0 spiro atoms. The van der Waals surface area contributed by atoms with E-state index in [9.17, 15) is 4.79 Å². The molecule has 0 aliphatic heterocycles. The zero-order valence-electron chi connectivity index (χ0n) is 21.4. The minimum absolute atomic E-state index is 0.0641. The number of hydrogen-bond acceptors (Lipinski definition) is 2. The van der Waals surface area contributed by atoms with E-state index in [0.29, 0.717) is 5.41 Å². The van der Waals surface area contributed by atoms with Crippen LogP contribution < -0.4 is 0 Å². The fourth-order valence-corrected chi connectivity index (χ4v) is 9.70. The summed E-state index contributed by atoms with van der Waals surface area (Å²) in [7, 11) is 0. The number of esters is 1. The first-order chi connectivity index (χ1) is 14.7. The summed E-state index contributed by atoms with van der Waals surface area (Å²) in [5.41, 5.74) is 0.766. The molecule has 31 heavy (non-hydrogen) atoms. The molecule has 0 amide bonds. The topological polar surface area (TPSA) is 26.3 Å². The largest absolute Gasteiger partial charge is 0.462 e. The molecule has 4 aliphatic carbocycles. The van der Waals surface area contributed by atoms with Crippen molar-refractivity contribution in [2.24, 2.45) is 52.3 Å². The van der Waals surface area contributed by atoms with Crippen LogP contribution in [0.4, 0.5) is 0 Å². The highest BCUT2D eigenvalue weighted by Gasteiger charge is 2.62.